The van der Waals surface area contributed by atoms with Gasteiger partial charge in [-0.1, -0.05) is 18.2 Å². The maximum atomic E-state index is 12.4. The van der Waals surface area contributed by atoms with Gasteiger partial charge in [-0.3, -0.25) is 4.79 Å². The van der Waals surface area contributed by atoms with E-state index in [1.807, 2.05) is 30.3 Å². The van der Waals surface area contributed by atoms with Gasteiger partial charge < -0.3 is 10.1 Å². The molecule has 30 heavy (non-hydrogen) atoms. The van der Waals surface area contributed by atoms with E-state index in [1.54, 1.807) is 36.4 Å². The summed E-state index contributed by atoms with van der Waals surface area (Å²) in [7, 11) is -2.05. The Morgan fingerprint density at radius 1 is 0.867 bits per heavy atom. The van der Waals surface area contributed by atoms with Crippen LogP contribution in [-0.4, -0.2) is 27.2 Å². The van der Waals surface area contributed by atoms with Crippen molar-refractivity contribution in [2.75, 3.05) is 18.2 Å². The molecule has 1 amide bonds. The maximum Gasteiger partial charge on any atom is 0.225 e. The Balaban J connectivity index is 1.53. The lowest BCUT2D eigenvalue weighted by atomic mass is 10.3. The first-order valence-corrected chi connectivity index (χ1v) is 10.8. The van der Waals surface area contributed by atoms with Crippen LogP contribution in [0.2, 0.25) is 0 Å². The van der Waals surface area contributed by atoms with Gasteiger partial charge in [0, 0.05) is 12.1 Å². The van der Waals surface area contributed by atoms with Crippen LogP contribution in [0, 0.1) is 0 Å². The average Bonchev–Trinajstić information content (AvgIpc) is 2.78. The quantitative estimate of drug-likeness (QED) is 0.520. The summed E-state index contributed by atoms with van der Waals surface area (Å²) in [5.74, 6) is -0.0988. The van der Waals surface area contributed by atoms with E-state index in [0.29, 0.717) is 17.1 Å². The lowest BCUT2D eigenvalue weighted by Gasteiger charge is -2.07. The number of nitrogens with one attached hydrogen (secondary N) is 1. The second kappa shape index (κ2) is 9.80. The third kappa shape index (κ3) is 5.99. The molecule has 3 rings (SSSR count). The van der Waals surface area contributed by atoms with Crippen molar-refractivity contribution < 1.29 is 17.9 Å². The summed E-state index contributed by atoms with van der Waals surface area (Å²) < 4.78 is 29.8. The molecular weight excluding hydrogens is 402 g/mol. The zero-order valence-corrected chi connectivity index (χ0v) is 17.2. The minimum Gasteiger partial charge on any atom is -0.497 e. The summed E-state index contributed by atoms with van der Waals surface area (Å²) in [6.45, 7) is 0. The SMILES string of the molecule is COc1ccc(S(=O)(=O)CCC(=O)Nc2ccc(N=Nc3ccccc3)cc2)cc1. The van der Waals surface area contributed by atoms with Crippen molar-refractivity contribution in [2.24, 2.45) is 10.2 Å². The molecule has 0 bridgehead atoms. The Bertz CT molecular complexity index is 1110. The van der Waals surface area contributed by atoms with Crippen LogP contribution in [0.15, 0.2) is 94.0 Å². The Hall–Kier alpha value is -3.52. The number of methoxy groups -OCH3 is 1. The molecule has 3 aromatic carbocycles. The molecule has 0 aliphatic rings. The lowest BCUT2D eigenvalue weighted by Crippen LogP contribution is -2.17. The predicted octanol–water partition coefficient (Wildman–Crippen LogP) is 4.91. The van der Waals surface area contributed by atoms with Gasteiger partial charge >= 0.3 is 0 Å². The number of nitrogens with zero attached hydrogens (tertiary/aromatic N) is 2. The molecule has 3 aromatic rings. The second-order valence-electron chi connectivity index (χ2n) is 6.38. The zero-order chi connectivity index (χ0) is 21.4. The smallest absolute Gasteiger partial charge is 0.225 e. The molecule has 0 spiro atoms. The average molecular weight is 423 g/mol. The highest BCUT2D eigenvalue weighted by molar-refractivity contribution is 7.91. The van der Waals surface area contributed by atoms with E-state index in [1.165, 1.54) is 19.2 Å². The van der Waals surface area contributed by atoms with Gasteiger partial charge in [0.2, 0.25) is 5.91 Å². The first-order chi connectivity index (χ1) is 14.5. The number of ether oxygens (including phenoxy) is 1. The number of rotatable bonds is 8. The van der Waals surface area contributed by atoms with Gasteiger partial charge in [-0.15, -0.1) is 0 Å². The molecule has 0 fully saturated rings. The van der Waals surface area contributed by atoms with Gasteiger partial charge in [-0.05, 0) is 60.7 Å². The fourth-order valence-electron chi connectivity index (χ4n) is 2.57. The number of hydrogen-bond donors (Lipinski definition) is 1. The Morgan fingerprint density at radius 2 is 1.47 bits per heavy atom. The number of sulfone groups is 1. The summed E-state index contributed by atoms with van der Waals surface area (Å²) >= 11 is 0. The number of amides is 1. The molecule has 0 saturated carbocycles. The normalized spacial score (nSPS) is 11.4. The van der Waals surface area contributed by atoms with Crippen molar-refractivity contribution >= 4 is 32.8 Å². The molecule has 0 atom stereocenters. The monoisotopic (exact) mass is 423 g/mol. The first kappa shape index (κ1) is 21.2. The maximum absolute atomic E-state index is 12.4. The highest BCUT2D eigenvalue weighted by atomic mass is 32.2. The molecule has 7 nitrogen and oxygen atoms in total. The molecule has 0 saturated heterocycles. The molecule has 0 aliphatic carbocycles. The molecule has 8 heteroatoms. The summed E-state index contributed by atoms with van der Waals surface area (Å²) in [4.78, 5) is 12.3. The number of carbonyl (C=O) groups is 1. The number of carbonyl (C=O) groups excluding carboxylic acids is 1. The van der Waals surface area contributed by atoms with Crippen molar-refractivity contribution in [3.63, 3.8) is 0 Å². The number of anilines is 1. The van der Waals surface area contributed by atoms with Gasteiger partial charge in [0.1, 0.15) is 5.75 Å². The van der Waals surface area contributed by atoms with Crippen LogP contribution in [0.4, 0.5) is 17.1 Å². The fourth-order valence-corrected chi connectivity index (χ4v) is 3.81. The zero-order valence-electron chi connectivity index (χ0n) is 16.4. The van der Waals surface area contributed by atoms with Crippen LogP contribution >= 0.6 is 0 Å². The summed E-state index contributed by atoms with van der Waals surface area (Å²) in [6.07, 6.45) is -0.149. The Labute approximate surface area is 175 Å². The third-order valence-corrected chi connectivity index (χ3v) is 5.94. The summed E-state index contributed by atoms with van der Waals surface area (Å²) in [6, 6.07) is 22.2. The lowest BCUT2D eigenvalue weighted by molar-refractivity contribution is -0.115. The van der Waals surface area contributed by atoms with Crippen molar-refractivity contribution in [1.29, 1.82) is 0 Å². The van der Waals surface area contributed by atoms with E-state index >= 15 is 0 Å². The molecule has 1 N–H and O–H groups in total. The molecule has 0 aromatic heterocycles. The highest BCUT2D eigenvalue weighted by Gasteiger charge is 2.16. The predicted molar refractivity (Wildman–Crippen MR) is 115 cm³/mol. The van der Waals surface area contributed by atoms with E-state index in [-0.39, 0.29) is 23.0 Å². The van der Waals surface area contributed by atoms with E-state index in [0.717, 1.165) is 5.69 Å². The van der Waals surface area contributed by atoms with E-state index in [2.05, 4.69) is 15.5 Å². The van der Waals surface area contributed by atoms with Crippen LogP contribution < -0.4 is 10.1 Å². The highest BCUT2D eigenvalue weighted by Crippen LogP contribution is 2.21. The van der Waals surface area contributed by atoms with Gasteiger partial charge in [-0.2, -0.15) is 10.2 Å². The Kier molecular flexibility index (Phi) is 6.92. The molecule has 0 heterocycles. The van der Waals surface area contributed by atoms with Crippen LogP contribution in [0.5, 0.6) is 5.75 Å². The molecule has 0 radical (unpaired) electrons. The second-order valence-corrected chi connectivity index (χ2v) is 8.48. The van der Waals surface area contributed by atoms with Crippen LogP contribution in [-0.2, 0) is 14.6 Å². The minimum atomic E-state index is -3.56. The van der Waals surface area contributed by atoms with Crippen LogP contribution in [0.3, 0.4) is 0 Å². The van der Waals surface area contributed by atoms with Gasteiger partial charge in [0.25, 0.3) is 0 Å². The van der Waals surface area contributed by atoms with Gasteiger partial charge in [-0.25, -0.2) is 8.42 Å². The molecule has 0 aliphatic heterocycles. The minimum absolute atomic E-state index is 0.149. The molecular formula is C22H21N3O4S. The molecule has 0 unspecified atom stereocenters. The third-order valence-electron chi connectivity index (χ3n) is 4.20. The standard InChI is InChI=1S/C22H21N3O4S/c1-29-20-11-13-21(14-12-20)30(27,28)16-15-22(26)23-17-7-9-19(10-8-17)25-24-18-5-3-2-4-6-18/h2-14H,15-16H2,1H3,(H,23,26). The van der Waals surface area contributed by atoms with E-state index < -0.39 is 9.84 Å². The van der Waals surface area contributed by atoms with Gasteiger partial charge in [0.05, 0.1) is 29.1 Å². The van der Waals surface area contributed by atoms with Crippen LogP contribution in [0.1, 0.15) is 6.42 Å². The summed E-state index contributed by atoms with van der Waals surface area (Å²) in [5, 5.41) is 11.0. The van der Waals surface area contributed by atoms with Crippen molar-refractivity contribution in [1.82, 2.24) is 0 Å². The number of benzene rings is 3. The van der Waals surface area contributed by atoms with E-state index in [4.69, 9.17) is 4.74 Å². The number of hydrogen-bond acceptors (Lipinski definition) is 6. The van der Waals surface area contributed by atoms with Crippen LogP contribution in [0.25, 0.3) is 0 Å². The number of azo groups is 1. The van der Waals surface area contributed by atoms with E-state index in [9.17, 15) is 13.2 Å². The van der Waals surface area contributed by atoms with Crippen molar-refractivity contribution in [3.05, 3.63) is 78.9 Å². The fraction of sp³-hybridized carbons (Fsp3) is 0.136. The van der Waals surface area contributed by atoms with Gasteiger partial charge in [0.15, 0.2) is 9.84 Å². The summed E-state index contributed by atoms with van der Waals surface area (Å²) in [5.41, 5.74) is 1.94. The van der Waals surface area contributed by atoms with Crippen molar-refractivity contribution in [3.8, 4) is 5.75 Å². The largest absolute Gasteiger partial charge is 0.497 e. The topological polar surface area (TPSA) is 97.2 Å². The first-order valence-electron chi connectivity index (χ1n) is 9.20. The molecule has 154 valence electrons. The van der Waals surface area contributed by atoms with Crippen molar-refractivity contribution in [2.45, 2.75) is 11.3 Å². The Morgan fingerprint density at radius 3 is 2.07 bits per heavy atom.